The second kappa shape index (κ2) is 5.10. The Morgan fingerprint density at radius 3 is 2.53 bits per heavy atom. The third-order valence-corrected chi connectivity index (χ3v) is 3.18. The molecule has 0 saturated carbocycles. The van der Waals surface area contributed by atoms with Gasteiger partial charge in [-0.15, -0.1) is 0 Å². The van der Waals surface area contributed by atoms with Gasteiger partial charge in [0.2, 0.25) is 0 Å². The lowest BCUT2D eigenvalue weighted by molar-refractivity contribution is 0.0299. The standard InChI is InChI=1S/C11H10BrF2NO2/c12-8-2-1-7(9(13)10(8)14)11(16)15-3-5-17-6-4-15/h1-2H,3-6H2. The molecular weight excluding hydrogens is 296 g/mol. The summed E-state index contributed by atoms with van der Waals surface area (Å²) in [5.41, 5.74) is -0.243. The summed E-state index contributed by atoms with van der Waals surface area (Å²) in [5, 5.41) is 0. The van der Waals surface area contributed by atoms with Gasteiger partial charge in [-0.2, -0.15) is 0 Å². The Morgan fingerprint density at radius 1 is 1.24 bits per heavy atom. The van der Waals surface area contributed by atoms with E-state index < -0.39 is 17.5 Å². The summed E-state index contributed by atoms with van der Waals surface area (Å²) in [6.45, 7) is 1.64. The molecule has 17 heavy (non-hydrogen) atoms. The molecule has 1 aliphatic heterocycles. The number of carbonyl (C=O) groups excluding carboxylic acids is 1. The Bertz CT molecular complexity index is 447. The number of carbonyl (C=O) groups is 1. The quantitative estimate of drug-likeness (QED) is 0.745. The minimum atomic E-state index is -1.11. The van der Waals surface area contributed by atoms with Gasteiger partial charge in [0.05, 0.1) is 23.2 Å². The number of nitrogens with zero attached hydrogens (tertiary/aromatic N) is 1. The van der Waals surface area contributed by atoms with E-state index in [1.54, 1.807) is 0 Å². The molecule has 1 amide bonds. The molecule has 0 aliphatic carbocycles. The molecule has 92 valence electrons. The minimum absolute atomic E-state index is 0.00790. The maximum atomic E-state index is 13.6. The normalized spacial score (nSPS) is 16.1. The number of halogens is 3. The predicted molar refractivity (Wildman–Crippen MR) is 60.8 cm³/mol. The number of hydrogen-bond donors (Lipinski definition) is 0. The molecule has 1 aliphatic rings. The number of hydrogen-bond acceptors (Lipinski definition) is 2. The fourth-order valence-electron chi connectivity index (χ4n) is 1.63. The largest absolute Gasteiger partial charge is 0.378 e. The maximum absolute atomic E-state index is 13.6. The van der Waals surface area contributed by atoms with Gasteiger partial charge < -0.3 is 9.64 Å². The van der Waals surface area contributed by atoms with Crippen LogP contribution in [0.3, 0.4) is 0 Å². The lowest BCUT2D eigenvalue weighted by atomic mass is 10.1. The lowest BCUT2D eigenvalue weighted by Gasteiger charge is -2.27. The first kappa shape index (κ1) is 12.4. The van der Waals surface area contributed by atoms with Crippen LogP contribution in [0.5, 0.6) is 0 Å². The molecule has 2 rings (SSSR count). The highest BCUT2D eigenvalue weighted by Gasteiger charge is 2.23. The smallest absolute Gasteiger partial charge is 0.257 e. The van der Waals surface area contributed by atoms with Gasteiger partial charge in [0, 0.05) is 13.1 Å². The Balaban J connectivity index is 2.27. The van der Waals surface area contributed by atoms with Crippen molar-refractivity contribution in [2.75, 3.05) is 26.3 Å². The summed E-state index contributed by atoms with van der Waals surface area (Å²) < 4.78 is 32.0. The van der Waals surface area contributed by atoms with E-state index in [4.69, 9.17) is 4.74 Å². The number of morpholine rings is 1. The van der Waals surface area contributed by atoms with Crippen LogP contribution in [0.15, 0.2) is 16.6 Å². The van der Waals surface area contributed by atoms with Gasteiger partial charge in [-0.25, -0.2) is 8.78 Å². The monoisotopic (exact) mass is 305 g/mol. The molecule has 6 heteroatoms. The molecule has 1 heterocycles. The Hall–Kier alpha value is -1.01. The van der Waals surface area contributed by atoms with Crippen LogP contribution in [0.1, 0.15) is 10.4 Å². The maximum Gasteiger partial charge on any atom is 0.257 e. The average Bonchev–Trinajstić information content (AvgIpc) is 2.36. The third kappa shape index (κ3) is 2.47. The van der Waals surface area contributed by atoms with Crippen molar-refractivity contribution in [1.29, 1.82) is 0 Å². The van der Waals surface area contributed by atoms with E-state index in [9.17, 15) is 13.6 Å². The molecule has 1 aromatic carbocycles. The summed E-state index contributed by atoms with van der Waals surface area (Å²) >= 11 is 2.87. The lowest BCUT2D eigenvalue weighted by Crippen LogP contribution is -2.41. The molecule has 0 bridgehead atoms. The van der Waals surface area contributed by atoms with E-state index in [0.29, 0.717) is 26.3 Å². The Kier molecular flexibility index (Phi) is 3.73. The van der Waals surface area contributed by atoms with Gasteiger partial charge >= 0.3 is 0 Å². The van der Waals surface area contributed by atoms with Gasteiger partial charge in [0.15, 0.2) is 11.6 Å². The molecule has 0 spiro atoms. The van der Waals surface area contributed by atoms with Crippen molar-refractivity contribution in [3.05, 3.63) is 33.8 Å². The summed E-state index contributed by atoms with van der Waals surface area (Å²) in [6.07, 6.45) is 0. The van der Waals surface area contributed by atoms with Crippen LogP contribution in [0, 0.1) is 11.6 Å². The fraction of sp³-hybridized carbons (Fsp3) is 0.364. The van der Waals surface area contributed by atoms with E-state index in [0.717, 1.165) is 0 Å². The van der Waals surface area contributed by atoms with Crippen molar-refractivity contribution >= 4 is 21.8 Å². The van der Waals surface area contributed by atoms with Gasteiger partial charge in [0.25, 0.3) is 5.91 Å². The second-order valence-corrected chi connectivity index (χ2v) is 4.48. The fourth-order valence-corrected chi connectivity index (χ4v) is 1.93. The molecule has 0 N–H and O–H groups in total. The SMILES string of the molecule is O=C(c1ccc(Br)c(F)c1F)N1CCOCC1. The van der Waals surface area contributed by atoms with Crippen molar-refractivity contribution in [3.63, 3.8) is 0 Å². The van der Waals surface area contributed by atoms with Crippen LogP contribution in [-0.4, -0.2) is 37.1 Å². The molecule has 0 atom stereocenters. The Morgan fingerprint density at radius 2 is 1.88 bits per heavy atom. The van der Waals surface area contributed by atoms with Crippen LogP contribution < -0.4 is 0 Å². The molecule has 1 fully saturated rings. The van der Waals surface area contributed by atoms with Crippen LogP contribution in [0.4, 0.5) is 8.78 Å². The van der Waals surface area contributed by atoms with Crippen LogP contribution in [-0.2, 0) is 4.74 Å². The predicted octanol–water partition coefficient (Wildman–Crippen LogP) is 2.20. The first-order valence-corrected chi connectivity index (χ1v) is 5.91. The zero-order chi connectivity index (χ0) is 12.4. The first-order valence-electron chi connectivity index (χ1n) is 5.12. The number of amides is 1. The van der Waals surface area contributed by atoms with E-state index in [1.165, 1.54) is 17.0 Å². The van der Waals surface area contributed by atoms with E-state index >= 15 is 0 Å². The van der Waals surface area contributed by atoms with Crippen LogP contribution in [0.2, 0.25) is 0 Å². The molecule has 1 aromatic rings. The second-order valence-electron chi connectivity index (χ2n) is 3.63. The molecular formula is C11H10BrF2NO2. The first-order chi connectivity index (χ1) is 8.11. The summed E-state index contributed by atoms with van der Waals surface area (Å²) in [5.74, 6) is -2.66. The number of ether oxygens (including phenoxy) is 1. The van der Waals surface area contributed by atoms with Crippen molar-refractivity contribution in [1.82, 2.24) is 4.90 Å². The zero-order valence-corrected chi connectivity index (χ0v) is 10.5. The van der Waals surface area contributed by atoms with Crippen molar-refractivity contribution in [3.8, 4) is 0 Å². The van der Waals surface area contributed by atoms with Gasteiger partial charge in [0.1, 0.15) is 0 Å². The topological polar surface area (TPSA) is 29.5 Å². The van der Waals surface area contributed by atoms with Crippen molar-refractivity contribution < 1.29 is 18.3 Å². The number of benzene rings is 1. The average molecular weight is 306 g/mol. The highest BCUT2D eigenvalue weighted by molar-refractivity contribution is 9.10. The van der Waals surface area contributed by atoms with Gasteiger partial charge in [-0.05, 0) is 28.1 Å². The highest BCUT2D eigenvalue weighted by Crippen LogP contribution is 2.22. The van der Waals surface area contributed by atoms with E-state index in [2.05, 4.69) is 15.9 Å². The number of rotatable bonds is 1. The molecule has 0 unspecified atom stereocenters. The zero-order valence-electron chi connectivity index (χ0n) is 8.88. The van der Waals surface area contributed by atoms with Gasteiger partial charge in [-0.1, -0.05) is 0 Å². The van der Waals surface area contributed by atoms with E-state index in [-0.39, 0.29) is 10.0 Å². The van der Waals surface area contributed by atoms with Gasteiger partial charge in [-0.3, -0.25) is 4.79 Å². The molecule has 3 nitrogen and oxygen atoms in total. The minimum Gasteiger partial charge on any atom is -0.378 e. The van der Waals surface area contributed by atoms with Crippen molar-refractivity contribution in [2.45, 2.75) is 0 Å². The van der Waals surface area contributed by atoms with Crippen LogP contribution >= 0.6 is 15.9 Å². The molecule has 0 aromatic heterocycles. The summed E-state index contributed by atoms with van der Waals surface area (Å²) in [6, 6.07) is 2.60. The third-order valence-electron chi connectivity index (χ3n) is 2.56. The molecule has 0 radical (unpaired) electrons. The van der Waals surface area contributed by atoms with Crippen molar-refractivity contribution in [2.24, 2.45) is 0 Å². The summed E-state index contributed by atoms with van der Waals surface area (Å²) in [4.78, 5) is 13.4. The van der Waals surface area contributed by atoms with E-state index in [1.807, 2.05) is 0 Å². The summed E-state index contributed by atoms with van der Waals surface area (Å²) in [7, 11) is 0. The Labute approximate surface area is 105 Å². The highest BCUT2D eigenvalue weighted by atomic mass is 79.9. The molecule has 1 saturated heterocycles. The van der Waals surface area contributed by atoms with Crippen LogP contribution in [0.25, 0.3) is 0 Å².